The van der Waals surface area contributed by atoms with Crippen LogP contribution in [0.5, 0.6) is 0 Å². The van der Waals surface area contributed by atoms with Crippen molar-refractivity contribution in [2.24, 2.45) is 0 Å². The largest absolute Gasteiger partial charge is 0.317 e. The Kier molecular flexibility index (Phi) is 4.75. The summed E-state index contributed by atoms with van der Waals surface area (Å²) in [5, 5.41) is 3.24. The third kappa shape index (κ3) is 3.50. The summed E-state index contributed by atoms with van der Waals surface area (Å²) in [7, 11) is 3.77. The molecule has 0 spiro atoms. The zero-order valence-electron chi connectivity index (χ0n) is 8.97. The summed E-state index contributed by atoms with van der Waals surface area (Å²) in [6, 6.07) is 0.944. The van der Waals surface area contributed by atoms with Gasteiger partial charge < -0.3 is 5.32 Å². The van der Waals surface area contributed by atoms with E-state index in [1.165, 1.54) is 0 Å². The number of alkyl halides is 2. The summed E-state index contributed by atoms with van der Waals surface area (Å²) in [5.74, 6) is 0. The lowest BCUT2D eigenvalue weighted by atomic mass is 9.90. The van der Waals surface area contributed by atoms with Crippen LogP contribution in [-0.2, 0) is 0 Å². The number of nitrogens with zero attached hydrogens (tertiary/aromatic N) is 1. The molecular weight excluding hydrogens is 186 g/mol. The van der Waals surface area contributed by atoms with Gasteiger partial charge in [-0.1, -0.05) is 0 Å². The highest BCUT2D eigenvalue weighted by Crippen LogP contribution is 2.22. The van der Waals surface area contributed by atoms with Crippen molar-refractivity contribution in [2.75, 3.05) is 20.6 Å². The van der Waals surface area contributed by atoms with Crippen molar-refractivity contribution in [3.8, 4) is 0 Å². The maximum atomic E-state index is 12.1. The Balaban J connectivity index is 2.26. The molecule has 0 unspecified atom stereocenters. The van der Waals surface area contributed by atoms with Gasteiger partial charge in [0.05, 0.1) is 6.54 Å². The molecule has 0 aliphatic heterocycles. The van der Waals surface area contributed by atoms with E-state index in [0.29, 0.717) is 12.1 Å². The Hall–Kier alpha value is -0.220. The second-order valence-corrected chi connectivity index (χ2v) is 4.12. The second kappa shape index (κ2) is 5.61. The first-order valence-corrected chi connectivity index (χ1v) is 5.29. The van der Waals surface area contributed by atoms with Crippen LogP contribution in [-0.4, -0.2) is 44.0 Å². The van der Waals surface area contributed by atoms with Gasteiger partial charge in [-0.3, -0.25) is 4.90 Å². The van der Waals surface area contributed by atoms with Crippen molar-refractivity contribution in [3.63, 3.8) is 0 Å². The molecule has 14 heavy (non-hydrogen) atoms. The maximum Gasteiger partial charge on any atom is 0.251 e. The smallest absolute Gasteiger partial charge is 0.251 e. The van der Waals surface area contributed by atoms with Crippen molar-refractivity contribution in [2.45, 2.75) is 44.2 Å². The Morgan fingerprint density at radius 1 is 1.29 bits per heavy atom. The lowest BCUT2D eigenvalue weighted by Crippen LogP contribution is -2.41. The molecule has 0 amide bonds. The van der Waals surface area contributed by atoms with E-state index >= 15 is 0 Å². The normalized spacial score (nSPS) is 28.7. The molecule has 0 bridgehead atoms. The van der Waals surface area contributed by atoms with Crippen molar-refractivity contribution in [1.82, 2.24) is 10.2 Å². The first-order valence-electron chi connectivity index (χ1n) is 5.29. The SMILES string of the molecule is CNC1CCC(N(C)CC(F)F)CC1. The van der Waals surface area contributed by atoms with E-state index in [4.69, 9.17) is 0 Å². The van der Waals surface area contributed by atoms with Crippen LogP contribution < -0.4 is 5.32 Å². The molecule has 4 heteroatoms. The summed E-state index contributed by atoms with van der Waals surface area (Å²) in [6.45, 7) is -0.0884. The number of hydrogen-bond acceptors (Lipinski definition) is 2. The third-order valence-corrected chi connectivity index (χ3v) is 3.15. The molecular formula is C10H20F2N2. The van der Waals surface area contributed by atoms with Crippen molar-refractivity contribution in [1.29, 1.82) is 0 Å². The van der Waals surface area contributed by atoms with Crippen molar-refractivity contribution >= 4 is 0 Å². The summed E-state index contributed by atoms with van der Waals surface area (Å²) in [6.07, 6.45) is 2.08. The van der Waals surface area contributed by atoms with Gasteiger partial charge >= 0.3 is 0 Å². The molecule has 0 aromatic heterocycles. The zero-order chi connectivity index (χ0) is 10.6. The van der Waals surface area contributed by atoms with Crippen LogP contribution >= 0.6 is 0 Å². The minimum atomic E-state index is -2.21. The molecule has 1 aliphatic carbocycles. The van der Waals surface area contributed by atoms with Crippen molar-refractivity contribution < 1.29 is 8.78 Å². The van der Waals surface area contributed by atoms with E-state index in [2.05, 4.69) is 5.32 Å². The quantitative estimate of drug-likeness (QED) is 0.753. The average molecular weight is 206 g/mol. The van der Waals surface area contributed by atoms with Gasteiger partial charge in [0.15, 0.2) is 0 Å². The number of halogens is 2. The molecule has 1 N–H and O–H groups in total. The summed E-state index contributed by atoms with van der Waals surface area (Å²) < 4.78 is 24.3. The molecule has 1 aliphatic rings. The third-order valence-electron chi connectivity index (χ3n) is 3.15. The first kappa shape index (κ1) is 11.9. The molecule has 0 radical (unpaired) electrons. The second-order valence-electron chi connectivity index (χ2n) is 4.12. The number of hydrogen-bond donors (Lipinski definition) is 1. The summed E-state index contributed by atoms with van der Waals surface area (Å²) in [4.78, 5) is 1.80. The highest BCUT2D eigenvalue weighted by molar-refractivity contribution is 4.81. The van der Waals surface area contributed by atoms with Crippen LogP contribution in [0.25, 0.3) is 0 Å². The van der Waals surface area contributed by atoms with E-state index in [9.17, 15) is 8.78 Å². The van der Waals surface area contributed by atoms with E-state index in [-0.39, 0.29) is 6.54 Å². The summed E-state index contributed by atoms with van der Waals surface area (Å²) >= 11 is 0. The molecule has 1 rings (SSSR count). The monoisotopic (exact) mass is 206 g/mol. The zero-order valence-corrected chi connectivity index (χ0v) is 8.97. The molecule has 84 valence electrons. The van der Waals surface area contributed by atoms with Gasteiger partial charge in [0.1, 0.15) is 0 Å². The van der Waals surface area contributed by atoms with Gasteiger partial charge in [-0.15, -0.1) is 0 Å². The average Bonchev–Trinajstić information content (AvgIpc) is 2.17. The fourth-order valence-electron chi connectivity index (χ4n) is 2.17. The molecule has 1 fully saturated rings. The minimum absolute atomic E-state index is 0.0884. The van der Waals surface area contributed by atoms with E-state index in [1.807, 2.05) is 7.05 Å². The minimum Gasteiger partial charge on any atom is -0.317 e. The van der Waals surface area contributed by atoms with Crippen LogP contribution in [0.1, 0.15) is 25.7 Å². The van der Waals surface area contributed by atoms with Gasteiger partial charge in [0.2, 0.25) is 0 Å². The van der Waals surface area contributed by atoms with Gasteiger partial charge in [-0.2, -0.15) is 0 Å². The molecule has 1 saturated carbocycles. The maximum absolute atomic E-state index is 12.1. The van der Waals surface area contributed by atoms with Crippen molar-refractivity contribution in [3.05, 3.63) is 0 Å². The van der Waals surface area contributed by atoms with Crippen LogP contribution in [0.3, 0.4) is 0 Å². The number of nitrogens with one attached hydrogen (secondary N) is 1. The van der Waals surface area contributed by atoms with E-state index < -0.39 is 6.43 Å². The number of rotatable bonds is 4. The molecule has 0 aromatic rings. The van der Waals surface area contributed by atoms with E-state index in [0.717, 1.165) is 25.7 Å². The Bertz CT molecular complexity index is 156. The molecule has 2 nitrogen and oxygen atoms in total. The van der Waals surface area contributed by atoms with E-state index in [1.54, 1.807) is 11.9 Å². The van der Waals surface area contributed by atoms with Crippen LogP contribution in [0, 0.1) is 0 Å². The molecule has 0 saturated heterocycles. The lowest BCUT2D eigenvalue weighted by molar-refractivity contribution is 0.0680. The van der Waals surface area contributed by atoms with Gasteiger partial charge in [0, 0.05) is 12.1 Å². The predicted molar refractivity (Wildman–Crippen MR) is 53.7 cm³/mol. The first-order chi connectivity index (χ1) is 6.63. The standard InChI is InChI=1S/C10H20F2N2/c1-13-8-3-5-9(6-4-8)14(2)7-10(11)12/h8-10,13H,3-7H2,1-2H3. The molecule has 0 heterocycles. The van der Waals surface area contributed by atoms with Gasteiger partial charge in [-0.05, 0) is 39.8 Å². The Labute approximate surface area is 84.7 Å². The fourth-order valence-corrected chi connectivity index (χ4v) is 2.17. The molecule has 0 aromatic carbocycles. The predicted octanol–water partition coefficient (Wildman–Crippen LogP) is 1.71. The van der Waals surface area contributed by atoms with Crippen LogP contribution in [0.15, 0.2) is 0 Å². The fraction of sp³-hybridized carbons (Fsp3) is 1.00. The highest BCUT2D eigenvalue weighted by atomic mass is 19.3. The van der Waals surface area contributed by atoms with Gasteiger partial charge in [-0.25, -0.2) is 8.78 Å². The highest BCUT2D eigenvalue weighted by Gasteiger charge is 2.24. The summed E-state index contributed by atoms with van der Waals surface area (Å²) in [5.41, 5.74) is 0. The van der Waals surface area contributed by atoms with Crippen LogP contribution in [0.2, 0.25) is 0 Å². The van der Waals surface area contributed by atoms with Crippen LogP contribution in [0.4, 0.5) is 8.78 Å². The van der Waals surface area contributed by atoms with Gasteiger partial charge in [0.25, 0.3) is 6.43 Å². The Morgan fingerprint density at radius 3 is 2.29 bits per heavy atom. The topological polar surface area (TPSA) is 15.3 Å². The lowest BCUT2D eigenvalue weighted by Gasteiger charge is -2.34. The Morgan fingerprint density at radius 2 is 1.86 bits per heavy atom. The molecule has 0 atom stereocenters.